The Hall–Kier alpha value is -0.740. The van der Waals surface area contributed by atoms with E-state index in [0.717, 1.165) is 16.1 Å². The highest BCUT2D eigenvalue weighted by Crippen LogP contribution is 2.21. The van der Waals surface area contributed by atoms with Crippen LogP contribution in [-0.2, 0) is 9.84 Å². The number of hydrogen-bond donors (Lipinski definition) is 0. The minimum absolute atomic E-state index is 0.308. The van der Waals surface area contributed by atoms with Crippen LogP contribution >= 0.6 is 11.8 Å². The molecule has 0 amide bonds. The highest BCUT2D eigenvalue weighted by atomic mass is 32.2. The summed E-state index contributed by atoms with van der Waals surface area (Å²) in [6.07, 6.45) is 2.35. The molecule has 0 aliphatic rings. The fraction of sp³-hybridized carbons (Fsp3) is 0.333. The van der Waals surface area contributed by atoms with Crippen LogP contribution in [0.2, 0.25) is 0 Å². The topological polar surface area (TPSA) is 34.1 Å². The molecule has 88 valence electrons. The van der Waals surface area contributed by atoms with Crippen molar-refractivity contribution in [3.05, 3.63) is 36.3 Å². The van der Waals surface area contributed by atoms with Crippen molar-refractivity contribution in [2.45, 2.75) is 29.6 Å². The van der Waals surface area contributed by atoms with E-state index in [1.165, 1.54) is 12.8 Å². The molecule has 1 aromatic carbocycles. The lowest BCUT2D eigenvalue weighted by molar-refractivity contribution is 0.604. The zero-order chi connectivity index (χ0) is 12.0. The summed E-state index contributed by atoms with van der Waals surface area (Å²) >= 11 is 1.75. The third-order valence-corrected chi connectivity index (χ3v) is 4.60. The largest absolute Gasteiger partial charge is 0.219 e. The molecule has 0 aromatic heterocycles. The van der Waals surface area contributed by atoms with Crippen LogP contribution in [0.4, 0.5) is 0 Å². The number of thioether (sulfide) groups is 1. The summed E-state index contributed by atoms with van der Waals surface area (Å²) < 4.78 is 22.9. The predicted octanol–water partition coefficient (Wildman–Crippen LogP) is 3.50. The fourth-order valence-corrected chi connectivity index (χ4v) is 2.86. The van der Waals surface area contributed by atoms with Gasteiger partial charge in [0.15, 0.2) is 9.84 Å². The molecule has 0 aliphatic heterocycles. The van der Waals surface area contributed by atoms with Gasteiger partial charge in [0.25, 0.3) is 0 Å². The Labute approximate surface area is 102 Å². The molecule has 0 spiro atoms. The van der Waals surface area contributed by atoms with Gasteiger partial charge in [-0.1, -0.05) is 19.9 Å². The highest BCUT2D eigenvalue weighted by molar-refractivity contribution is 7.99. The normalized spacial score (nSPS) is 11.3. The van der Waals surface area contributed by atoms with E-state index in [-0.39, 0.29) is 0 Å². The summed E-state index contributed by atoms with van der Waals surface area (Å²) in [5.74, 6) is 1.07. The van der Waals surface area contributed by atoms with Gasteiger partial charge in [0, 0.05) is 10.3 Å². The smallest absolute Gasteiger partial charge is 0.199 e. The molecule has 0 saturated carbocycles. The van der Waals surface area contributed by atoms with Crippen molar-refractivity contribution in [3.63, 3.8) is 0 Å². The Morgan fingerprint density at radius 3 is 2.44 bits per heavy atom. The molecule has 0 unspecified atom stereocenters. The van der Waals surface area contributed by atoms with Gasteiger partial charge in [-0.2, -0.15) is 0 Å². The Morgan fingerprint density at radius 2 is 1.94 bits per heavy atom. The number of benzene rings is 1. The van der Waals surface area contributed by atoms with Gasteiger partial charge in [-0.15, -0.1) is 11.8 Å². The molecule has 0 fully saturated rings. The summed E-state index contributed by atoms with van der Waals surface area (Å²) in [6.45, 7) is 5.45. The van der Waals surface area contributed by atoms with Crippen molar-refractivity contribution in [3.8, 4) is 0 Å². The molecule has 1 aromatic rings. The monoisotopic (exact) mass is 256 g/mol. The molecule has 0 N–H and O–H groups in total. The van der Waals surface area contributed by atoms with Crippen LogP contribution in [0.3, 0.4) is 0 Å². The van der Waals surface area contributed by atoms with E-state index in [1.54, 1.807) is 23.9 Å². The average Bonchev–Trinajstić information content (AvgIpc) is 2.30. The van der Waals surface area contributed by atoms with Crippen LogP contribution in [0.25, 0.3) is 0 Å². The first-order chi connectivity index (χ1) is 7.60. The van der Waals surface area contributed by atoms with Crippen molar-refractivity contribution in [1.29, 1.82) is 0 Å². The second-order valence-corrected chi connectivity index (χ2v) is 6.45. The van der Waals surface area contributed by atoms with Crippen LogP contribution in [0, 0.1) is 0 Å². The molecule has 0 heterocycles. The lowest BCUT2D eigenvalue weighted by atomic mass is 10.4. The molecular formula is C12H16O2S2. The molecular weight excluding hydrogens is 240 g/mol. The van der Waals surface area contributed by atoms with E-state index in [4.69, 9.17) is 0 Å². The van der Waals surface area contributed by atoms with Crippen molar-refractivity contribution in [2.24, 2.45) is 0 Å². The van der Waals surface area contributed by atoms with Gasteiger partial charge in [-0.05, 0) is 36.4 Å². The molecule has 0 atom stereocenters. The van der Waals surface area contributed by atoms with Crippen LogP contribution in [-0.4, -0.2) is 14.2 Å². The lowest BCUT2D eigenvalue weighted by Crippen LogP contribution is -1.94. The summed E-state index contributed by atoms with van der Waals surface area (Å²) in [7, 11) is -3.29. The Morgan fingerprint density at radius 1 is 1.31 bits per heavy atom. The fourth-order valence-electron chi connectivity index (χ4n) is 1.16. The first kappa shape index (κ1) is 13.3. The molecule has 4 heteroatoms. The molecule has 16 heavy (non-hydrogen) atoms. The third-order valence-electron chi connectivity index (χ3n) is 2.14. The quantitative estimate of drug-likeness (QED) is 0.577. The van der Waals surface area contributed by atoms with Gasteiger partial charge < -0.3 is 0 Å². The second-order valence-electron chi connectivity index (χ2n) is 3.39. The zero-order valence-electron chi connectivity index (χ0n) is 9.35. The van der Waals surface area contributed by atoms with E-state index in [0.29, 0.717) is 4.90 Å². The molecule has 1 rings (SSSR count). The lowest BCUT2D eigenvalue weighted by Gasteiger charge is -2.02. The maximum atomic E-state index is 11.4. The number of hydrogen-bond acceptors (Lipinski definition) is 3. The maximum absolute atomic E-state index is 11.4. The first-order valence-electron chi connectivity index (χ1n) is 5.20. The van der Waals surface area contributed by atoms with E-state index < -0.39 is 9.84 Å². The molecule has 0 aliphatic carbocycles. The Kier molecular flexibility index (Phi) is 5.09. The Bertz CT molecular complexity index is 433. The summed E-state index contributed by atoms with van der Waals surface area (Å²) in [4.78, 5) is 1.42. The van der Waals surface area contributed by atoms with Gasteiger partial charge >= 0.3 is 0 Å². The summed E-state index contributed by atoms with van der Waals surface area (Å²) in [5.41, 5.74) is 0. The average molecular weight is 256 g/mol. The third kappa shape index (κ3) is 3.68. The van der Waals surface area contributed by atoms with E-state index in [9.17, 15) is 8.42 Å². The number of rotatable bonds is 6. The highest BCUT2D eigenvalue weighted by Gasteiger charge is 2.08. The first-order valence-corrected chi connectivity index (χ1v) is 7.73. The van der Waals surface area contributed by atoms with Crippen molar-refractivity contribution in [2.75, 3.05) is 5.75 Å². The molecule has 2 nitrogen and oxygen atoms in total. The molecule has 0 bridgehead atoms. The maximum Gasteiger partial charge on any atom is 0.199 e. The van der Waals surface area contributed by atoms with Crippen molar-refractivity contribution in [1.82, 2.24) is 0 Å². The van der Waals surface area contributed by atoms with E-state index in [2.05, 4.69) is 13.5 Å². The van der Waals surface area contributed by atoms with E-state index >= 15 is 0 Å². The minimum atomic E-state index is -3.29. The van der Waals surface area contributed by atoms with Crippen molar-refractivity contribution >= 4 is 21.6 Å². The van der Waals surface area contributed by atoms with Crippen LogP contribution < -0.4 is 0 Å². The van der Waals surface area contributed by atoms with Crippen LogP contribution in [0.5, 0.6) is 0 Å². The van der Waals surface area contributed by atoms with Gasteiger partial charge in [0.05, 0.1) is 4.90 Å². The summed E-state index contributed by atoms with van der Waals surface area (Å²) in [6, 6.07) is 6.95. The zero-order valence-corrected chi connectivity index (χ0v) is 11.0. The van der Waals surface area contributed by atoms with Gasteiger partial charge in [-0.25, -0.2) is 8.42 Å². The molecule has 0 radical (unpaired) electrons. The standard InChI is InChI=1S/C12H16O2S2/c1-3-5-10-15-11-6-8-12(9-7-11)16(13,14)4-2/h4,6-9H,2-3,5,10H2,1H3. The Balaban J connectivity index is 2.72. The minimum Gasteiger partial charge on any atom is -0.219 e. The van der Waals surface area contributed by atoms with Gasteiger partial charge in [0.1, 0.15) is 0 Å². The predicted molar refractivity (Wildman–Crippen MR) is 69.5 cm³/mol. The number of sulfone groups is 1. The molecule has 0 saturated heterocycles. The van der Waals surface area contributed by atoms with Gasteiger partial charge in [-0.3, -0.25) is 0 Å². The van der Waals surface area contributed by atoms with Crippen LogP contribution in [0.15, 0.2) is 46.0 Å². The number of unbranched alkanes of at least 4 members (excludes halogenated alkanes) is 1. The van der Waals surface area contributed by atoms with Crippen molar-refractivity contribution < 1.29 is 8.42 Å². The second kappa shape index (κ2) is 6.11. The SMILES string of the molecule is C=CS(=O)(=O)c1ccc(SCCCC)cc1. The van der Waals surface area contributed by atoms with Crippen LogP contribution in [0.1, 0.15) is 19.8 Å². The van der Waals surface area contributed by atoms with E-state index in [1.807, 2.05) is 12.1 Å². The summed E-state index contributed by atoms with van der Waals surface area (Å²) in [5, 5.41) is 0.978. The van der Waals surface area contributed by atoms with Gasteiger partial charge in [0.2, 0.25) is 0 Å².